The van der Waals surface area contributed by atoms with Crippen molar-refractivity contribution < 1.29 is 28.3 Å². The largest absolute Gasteiger partial charge is 0.490 e. The van der Waals surface area contributed by atoms with Gasteiger partial charge in [0.25, 0.3) is 5.91 Å². The second-order valence-corrected chi connectivity index (χ2v) is 9.37. The minimum Gasteiger partial charge on any atom is -0.490 e. The molecule has 0 aliphatic carbocycles. The van der Waals surface area contributed by atoms with E-state index in [0.29, 0.717) is 17.3 Å². The summed E-state index contributed by atoms with van der Waals surface area (Å²) < 4.78 is 16.2. The molecule has 3 aromatic carbocycles. The zero-order valence-electron chi connectivity index (χ0n) is 21.6. The molecule has 0 fully saturated rings. The number of ether oxygens (including phenoxy) is 2. The molecule has 11 heteroatoms. The number of fused-ring (bicyclic) bond motifs is 1. The second-order valence-electron chi connectivity index (χ2n) is 8.97. The molecule has 0 atom stereocenters. The third-order valence-electron chi connectivity index (χ3n) is 6.18. The van der Waals surface area contributed by atoms with Gasteiger partial charge in [-0.25, -0.2) is 0 Å². The van der Waals surface area contributed by atoms with Crippen LogP contribution in [0.25, 0.3) is 11.5 Å². The van der Waals surface area contributed by atoms with Gasteiger partial charge in [-0.1, -0.05) is 48.0 Å². The molecular formula is C29H25ClN4O6. The van der Waals surface area contributed by atoms with Crippen LogP contribution in [0.15, 0.2) is 77.2 Å². The van der Waals surface area contributed by atoms with Crippen molar-refractivity contribution in [3.05, 3.63) is 94.8 Å². The van der Waals surface area contributed by atoms with Crippen LogP contribution >= 0.6 is 11.6 Å². The molecule has 0 N–H and O–H groups in total. The first-order valence-electron chi connectivity index (χ1n) is 12.5. The Hall–Kier alpha value is -4.70. The van der Waals surface area contributed by atoms with E-state index in [2.05, 4.69) is 10.2 Å². The van der Waals surface area contributed by atoms with Gasteiger partial charge in [-0.15, -0.1) is 10.2 Å². The van der Waals surface area contributed by atoms with Crippen LogP contribution in [0.1, 0.15) is 28.7 Å². The van der Waals surface area contributed by atoms with Crippen LogP contribution in [0.2, 0.25) is 5.02 Å². The smallest absolute Gasteiger partial charge is 0.302 e. The van der Waals surface area contributed by atoms with Crippen LogP contribution in [0.5, 0.6) is 5.75 Å². The van der Waals surface area contributed by atoms with E-state index in [1.165, 1.54) is 17.9 Å². The Kier molecular flexibility index (Phi) is 8.07. The van der Waals surface area contributed by atoms with Gasteiger partial charge in [-0.05, 0) is 42.0 Å². The summed E-state index contributed by atoms with van der Waals surface area (Å²) in [7, 11) is 0. The Balaban J connectivity index is 1.33. The molecule has 5 rings (SSSR count). The number of para-hydroxylation sites is 1. The monoisotopic (exact) mass is 560 g/mol. The molecule has 0 saturated heterocycles. The van der Waals surface area contributed by atoms with Crippen molar-refractivity contribution in [2.75, 3.05) is 24.7 Å². The zero-order valence-corrected chi connectivity index (χ0v) is 22.3. The van der Waals surface area contributed by atoms with Crippen LogP contribution in [-0.4, -0.2) is 52.6 Å². The topological polar surface area (TPSA) is 115 Å². The standard InChI is InChI=1S/C29H25ClN4O6/c1-19(35)38-13-14-39-22-11-12-23(24(30)15-22)29(37)34-18-27(36)33(16-21-9-5-6-10-25(21)34)17-26-31-32-28(40-26)20-7-3-2-4-8-20/h2-12,15H,13-14,16-18H2,1H3. The highest BCUT2D eigenvalue weighted by Gasteiger charge is 2.31. The molecule has 1 aliphatic heterocycles. The van der Waals surface area contributed by atoms with Gasteiger partial charge < -0.3 is 18.8 Å². The van der Waals surface area contributed by atoms with Crippen LogP contribution in [0.3, 0.4) is 0 Å². The maximum Gasteiger partial charge on any atom is 0.302 e. The fourth-order valence-corrected chi connectivity index (χ4v) is 4.53. The summed E-state index contributed by atoms with van der Waals surface area (Å²) in [6, 6.07) is 21.4. The van der Waals surface area contributed by atoms with Crippen molar-refractivity contribution >= 4 is 35.1 Å². The van der Waals surface area contributed by atoms with Crippen LogP contribution in [-0.2, 0) is 27.4 Å². The summed E-state index contributed by atoms with van der Waals surface area (Å²) >= 11 is 6.46. The number of carbonyl (C=O) groups is 3. The van der Waals surface area contributed by atoms with Crippen molar-refractivity contribution in [3.8, 4) is 17.2 Å². The number of esters is 1. The van der Waals surface area contributed by atoms with Gasteiger partial charge in [0.1, 0.15) is 25.5 Å². The molecule has 10 nitrogen and oxygen atoms in total. The summed E-state index contributed by atoms with van der Waals surface area (Å²) in [5.74, 6) is -0.0433. The molecule has 2 amide bonds. The van der Waals surface area contributed by atoms with Crippen LogP contribution < -0.4 is 9.64 Å². The quantitative estimate of drug-likeness (QED) is 0.228. The molecular weight excluding hydrogens is 536 g/mol. The average molecular weight is 561 g/mol. The summed E-state index contributed by atoms with van der Waals surface area (Å²) in [6.45, 7) is 1.69. The van der Waals surface area contributed by atoms with Crippen LogP contribution in [0.4, 0.5) is 5.69 Å². The first-order chi connectivity index (χ1) is 19.4. The van der Waals surface area contributed by atoms with Crippen molar-refractivity contribution in [3.63, 3.8) is 0 Å². The Bertz CT molecular complexity index is 1540. The van der Waals surface area contributed by atoms with Gasteiger partial charge in [0.05, 0.1) is 17.1 Å². The van der Waals surface area contributed by atoms with Gasteiger partial charge in [0, 0.05) is 24.7 Å². The highest BCUT2D eigenvalue weighted by Crippen LogP contribution is 2.31. The lowest BCUT2D eigenvalue weighted by Crippen LogP contribution is -2.40. The zero-order chi connectivity index (χ0) is 28.1. The predicted molar refractivity (Wildman–Crippen MR) is 146 cm³/mol. The minimum atomic E-state index is -0.428. The van der Waals surface area contributed by atoms with Crippen molar-refractivity contribution in [1.82, 2.24) is 15.1 Å². The summed E-state index contributed by atoms with van der Waals surface area (Å²) in [4.78, 5) is 41.0. The molecule has 0 spiro atoms. The summed E-state index contributed by atoms with van der Waals surface area (Å²) in [5, 5.41) is 8.40. The number of carbonyl (C=O) groups excluding carboxylic acids is 3. The molecule has 1 aliphatic rings. The van der Waals surface area contributed by atoms with E-state index >= 15 is 0 Å². The van der Waals surface area contributed by atoms with Gasteiger partial charge in [-0.3, -0.25) is 19.3 Å². The number of amides is 2. The number of nitrogens with zero attached hydrogens (tertiary/aromatic N) is 4. The van der Waals surface area contributed by atoms with E-state index in [1.54, 1.807) is 23.1 Å². The number of rotatable bonds is 8. The highest BCUT2D eigenvalue weighted by atomic mass is 35.5. The fourth-order valence-electron chi connectivity index (χ4n) is 4.27. The molecule has 0 unspecified atom stereocenters. The maximum atomic E-state index is 13.7. The number of halogens is 1. The fraction of sp³-hybridized carbons (Fsp3) is 0.207. The Morgan fingerprint density at radius 2 is 1.75 bits per heavy atom. The second kappa shape index (κ2) is 12.0. The SMILES string of the molecule is CC(=O)OCCOc1ccc(C(=O)N2CC(=O)N(Cc3nnc(-c4ccccc4)o3)Cc3ccccc32)c(Cl)c1. The van der Waals surface area contributed by atoms with Crippen molar-refractivity contribution in [1.29, 1.82) is 0 Å². The number of aromatic nitrogens is 2. The third-order valence-corrected chi connectivity index (χ3v) is 6.49. The van der Waals surface area contributed by atoms with E-state index in [0.717, 1.165) is 11.1 Å². The Morgan fingerprint density at radius 3 is 2.52 bits per heavy atom. The Labute approximate surface area is 235 Å². The van der Waals surface area contributed by atoms with E-state index in [-0.39, 0.29) is 55.2 Å². The lowest BCUT2D eigenvalue weighted by Gasteiger charge is -2.23. The molecule has 0 bridgehead atoms. The predicted octanol–water partition coefficient (Wildman–Crippen LogP) is 4.52. The summed E-state index contributed by atoms with van der Waals surface area (Å²) in [6.07, 6.45) is 0. The van der Waals surface area contributed by atoms with Gasteiger partial charge in [0.15, 0.2) is 0 Å². The average Bonchev–Trinajstić information content (AvgIpc) is 3.37. The van der Waals surface area contributed by atoms with E-state index in [1.807, 2.05) is 48.5 Å². The van der Waals surface area contributed by atoms with E-state index < -0.39 is 11.9 Å². The number of benzene rings is 3. The molecule has 40 heavy (non-hydrogen) atoms. The van der Waals surface area contributed by atoms with E-state index in [4.69, 9.17) is 25.5 Å². The maximum absolute atomic E-state index is 13.7. The number of anilines is 1. The lowest BCUT2D eigenvalue weighted by molar-refractivity contribution is -0.141. The number of hydrogen-bond acceptors (Lipinski definition) is 8. The highest BCUT2D eigenvalue weighted by molar-refractivity contribution is 6.34. The van der Waals surface area contributed by atoms with Gasteiger partial charge in [-0.2, -0.15) is 0 Å². The molecule has 204 valence electrons. The van der Waals surface area contributed by atoms with Crippen molar-refractivity contribution in [2.24, 2.45) is 0 Å². The molecule has 0 radical (unpaired) electrons. The first kappa shape index (κ1) is 26.9. The molecule has 4 aromatic rings. The van der Waals surface area contributed by atoms with Crippen molar-refractivity contribution in [2.45, 2.75) is 20.0 Å². The molecule has 1 aromatic heterocycles. The molecule has 0 saturated carbocycles. The Morgan fingerprint density at radius 1 is 0.975 bits per heavy atom. The minimum absolute atomic E-state index is 0.0912. The number of hydrogen-bond donors (Lipinski definition) is 0. The summed E-state index contributed by atoms with van der Waals surface area (Å²) in [5.41, 5.74) is 2.39. The van der Waals surface area contributed by atoms with E-state index in [9.17, 15) is 14.4 Å². The lowest BCUT2D eigenvalue weighted by atomic mass is 10.1. The third kappa shape index (κ3) is 6.13. The molecule has 2 heterocycles. The normalized spacial score (nSPS) is 13.0. The van der Waals surface area contributed by atoms with Crippen LogP contribution in [0, 0.1) is 0 Å². The van der Waals surface area contributed by atoms with Gasteiger partial charge in [0.2, 0.25) is 17.7 Å². The first-order valence-corrected chi connectivity index (χ1v) is 12.9. The van der Waals surface area contributed by atoms with Gasteiger partial charge >= 0.3 is 5.97 Å².